The van der Waals surface area contributed by atoms with Crippen molar-refractivity contribution in [2.75, 3.05) is 28.2 Å². The Bertz CT molecular complexity index is 302. The van der Waals surface area contributed by atoms with Crippen LogP contribution in [0.15, 0.2) is 0 Å². The largest absolute Gasteiger partial charge is 0.389 e. The maximum atomic E-state index is 10.2. The molecule has 0 fully saturated rings. The molecule has 3 N–H and O–H groups in total. The first kappa shape index (κ1) is 31.4. The van der Waals surface area contributed by atoms with Crippen molar-refractivity contribution in [3.8, 4) is 0 Å². The number of rotatable bonds is 3. The van der Waals surface area contributed by atoms with Crippen LogP contribution < -0.4 is 5.32 Å². The molecule has 0 saturated heterocycles. The summed E-state index contributed by atoms with van der Waals surface area (Å²) in [4.78, 5) is 12.2. The second-order valence-corrected chi connectivity index (χ2v) is 8.36. The third-order valence-corrected chi connectivity index (χ3v) is 3.48. The fraction of sp³-hybridized carbons (Fsp3) is 0.944. The lowest BCUT2D eigenvalue weighted by atomic mass is 9.58. The molecule has 0 spiro atoms. The van der Waals surface area contributed by atoms with E-state index in [1.807, 2.05) is 60.8 Å². The van der Waals surface area contributed by atoms with E-state index in [0.717, 1.165) is 6.71 Å². The minimum Gasteiger partial charge on any atom is -0.389 e. The van der Waals surface area contributed by atoms with Crippen LogP contribution in [0.25, 0.3) is 0 Å². The van der Waals surface area contributed by atoms with Gasteiger partial charge in [-0.25, -0.2) is 0 Å². The van der Waals surface area contributed by atoms with E-state index < -0.39 is 11.2 Å². The van der Waals surface area contributed by atoms with Crippen molar-refractivity contribution < 1.29 is 15.0 Å². The standard InChI is InChI=1S/C8H19NO.C5H10O2.C3H9B.C2H7N/c1-7(2,9(5)6)8(3,4)10;1-4(6)5(2,3)7;1-4(2)3;1-3-2/h10H,1-6H3;7H,1-3H3;1-3H3;3H,1-2H3. The predicted octanol–water partition coefficient (Wildman–Crippen LogP) is 2.65. The highest BCUT2D eigenvalue weighted by Gasteiger charge is 2.36. The Labute approximate surface area is 152 Å². The van der Waals surface area contributed by atoms with Crippen LogP contribution in [0, 0.1) is 0 Å². The van der Waals surface area contributed by atoms with Crippen molar-refractivity contribution in [3.63, 3.8) is 0 Å². The zero-order valence-electron chi connectivity index (χ0n) is 18.8. The van der Waals surface area contributed by atoms with E-state index in [4.69, 9.17) is 5.11 Å². The van der Waals surface area contributed by atoms with Crippen molar-refractivity contribution >= 4 is 12.5 Å². The summed E-state index contributed by atoms with van der Waals surface area (Å²) in [6, 6.07) is 0. The molecule has 0 rings (SSSR count). The molecule has 0 aliphatic carbocycles. The van der Waals surface area contributed by atoms with Crippen molar-refractivity contribution in [1.82, 2.24) is 10.2 Å². The molecular weight excluding hydrogens is 303 g/mol. The number of nitrogens with one attached hydrogen (secondary N) is 1. The number of carbonyl (C=O) groups is 1. The SMILES string of the molecule is CB(C)C.CC(=O)C(C)(C)O.CN(C)C(C)(C)C(C)(C)O.CNC. The number of hydrogen-bond acceptors (Lipinski definition) is 5. The average Bonchev–Trinajstić information content (AvgIpc) is 2.26. The second-order valence-electron chi connectivity index (χ2n) is 8.36. The topological polar surface area (TPSA) is 72.8 Å². The molecule has 0 saturated carbocycles. The third-order valence-electron chi connectivity index (χ3n) is 3.48. The van der Waals surface area contributed by atoms with Gasteiger partial charge in [0.25, 0.3) is 0 Å². The number of likely N-dealkylation sites (N-methyl/N-ethyl adjacent to an activating group) is 1. The highest BCUT2D eigenvalue weighted by molar-refractivity contribution is 6.54. The summed E-state index contributed by atoms with van der Waals surface area (Å²) in [6.07, 6.45) is 0. The highest BCUT2D eigenvalue weighted by atomic mass is 16.3. The molecule has 0 bridgehead atoms. The molecule has 0 atom stereocenters. The molecule has 6 heteroatoms. The Kier molecular flexibility index (Phi) is 18.1. The van der Waals surface area contributed by atoms with Gasteiger partial charge in [0.15, 0.2) is 5.78 Å². The molecule has 0 amide bonds. The number of Topliss-reactive ketones (excluding diaryl/α,β-unsaturated/α-hetero) is 1. The van der Waals surface area contributed by atoms with Crippen LogP contribution in [-0.4, -0.2) is 72.5 Å². The summed E-state index contributed by atoms with van der Waals surface area (Å²) >= 11 is 0. The van der Waals surface area contributed by atoms with Gasteiger partial charge in [-0.15, -0.1) is 0 Å². The minimum atomic E-state index is -1.14. The first-order valence-corrected chi connectivity index (χ1v) is 8.50. The first-order valence-electron chi connectivity index (χ1n) is 8.50. The summed E-state index contributed by atoms with van der Waals surface area (Å²) in [5, 5.41) is 21.2. The van der Waals surface area contributed by atoms with E-state index in [0.29, 0.717) is 0 Å². The van der Waals surface area contributed by atoms with E-state index >= 15 is 0 Å². The summed E-state index contributed by atoms with van der Waals surface area (Å²) in [5.74, 6) is -0.201. The van der Waals surface area contributed by atoms with Gasteiger partial charge in [-0.2, -0.15) is 0 Å². The minimum absolute atomic E-state index is 0.174. The summed E-state index contributed by atoms with van der Waals surface area (Å²) in [7, 11) is 7.69. The molecule has 0 aromatic heterocycles. The van der Waals surface area contributed by atoms with Gasteiger partial charge < -0.3 is 20.4 Å². The van der Waals surface area contributed by atoms with Gasteiger partial charge in [-0.05, 0) is 76.7 Å². The van der Waals surface area contributed by atoms with E-state index in [9.17, 15) is 9.90 Å². The van der Waals surface area contributed by atoms with Crippen LogP contribution in [0.4, 0.5) is 0 Å². The molecule has 0 heterocycles. The van der Waals surface area contributed by atoms with Gasteiger partial charge in [-0.1, -0.05) is 20.5 Å². The Morgan fingerprint density at radius 3 is 1.08 bits per heavy atom. The number of aliphatic hydroxyl groups is 2. The van der Waals surface area contributed by atoms with Gasteiger partial charge in [0.1, 0.15) is 12.3 Å². The summed E-state index contributed by atoms with van der Waals surface area (Å²) in [5.41, 5.74) is -1.97. The molecule has 0 aromatic carbocycles. The van der Waals surface area contributed by atoms with Gasteiger partial charge >= 0.3 is 0 Å². The Morgan fingerprint density at radius 2 is 1.08 bits per heavy atom. The lowest BCUT2D eigenvalue weighted by Gasteiger charge is -2.42. The van der Waals surface area contributed by atoms with Crippen LogP contribution >= 0.6 is 0 Å². The van der Waals surface area contributed by atoms with Crippen LogP contribution in [0.1, 0.15) is 48.5 Å². The van der Waals surface area contributed by atoms with Gasteiger partial charge in [0.2, 0.25) is 0 Å². The molecule has 0 aliphatic heterocycles. The van der Waals surface area contributed by atoms with E-state index in [2.05, 4.69) is 25.8 Å². The fourth-order valence-corrected chi connectivity index (χ4v) is 0.547. The zero-order chi connectivity index (χ0) is 20.9. The number of carbonyl (C=O) groups excluding carboxylic acids is 1. The fourth-order valence-electron chi connectivity index (χ4n) is 0.547. The third kappa shape index (κ3) is 21.6. The lowest BCUT2D eigenvalue weighted by molar-refractivity contribution is -0.131. The van der Waals surface area contributed by atoms with Crippen LogP contribution in [0.5, 0.6) is 0 Å². The Balaban J connectivity index is -0.000000124. The van der Waals surface area contributed by atoms with Crippen molar-refractivity contribution in [2.24, 2.45) is 0 Å². The molecule has 0 aliphatic rings. The molecule has 148 valence electrons. The van der Waals surface area contributed by atoms with E-state index in [-0.39, 0.29) is 11.3 Å². The molecule has 0 unspecified atom stereocenters. The maximum absolute atomic E-state index is 10.2. The molecule has 0 radical (unpaired) electrons. The smallest absolute Gasteiger partial charge is 0.160 e. The van der Waals surface area contributed by atoms with E-state index in [1.165, 1.54) is 20.8 Å². The van der Waals surface area contributed by atoms with Gasteiger partial charge in [0.05, 0.1) is 5.60 Å². The number of hydrogen-bond donors (Lipinski definition) is 3. The Hall–Kier alpha value is -0.425. The molecule has 24 heavy (non-hydrogen) atoms. The number of ketones is 1. The van der Waals surface area contributed by atoms with Gasteiger partial charge in [-0.3, -0.25) is 4.79 Å². The van der Waals surface area contributed by atoms with Crippen molar-refractivity contribution in [2.45, 2.75) is 85.7 Å². The highest BCUT2D eigenvalue weighted by Crippen LogP contribution is 2.24. The molecule has 0 aromatic rings. The predicted molar refractivity (Wildman–Crippen MR) is 109 cm³/mol. The van der Waals surface area contributed by atoms with Crippen LogP contribution in [0.3, 0.4) is 0 Å². The monoisotopic (exact) mass is 348 g/mol. The normalized spacial score (nSPS) is 11.2. The lowest BCUT2D eigenvalue weighted by Crippen LogP contribution is -2.54. The van der Waals surface area contributed by atoms with E-state index in [1.54, 1.807) is 0 Å². The average molecular weight is 348 g/mol. The van der Waals surface area contributed by atoms with Gasteiger partial charge in [0, 0.05) is 5.54 Å². The number of nitrogens with zero attached hydrogens (tertiary/aromatic N) is 1. The molecule has 5 nitrogen and oxygen atoms in total. The Morgan fingerprint density at radius 1 is 0.917 bits per heavy atom. The van der Waals surface area contributed by atoms with Crippen LogP contribution in [-0.2, 0) is 4.79 Å². The van der Waals surface area contributed by atoms with Crippen LogP contribution in [0.2, 0.25) is 20.5 Å². The van der Waals surface area contributed by atoms with Crippen molar-refractivity contribution in [3.05, 3.63) is 0 Å². The summed E-state index contributed by atoms with van der Waals surface area (Å²) < 4.78 is 0. The summed E-state index contributed by atoms with van der Waals surface area (Å²) in [6.45, 7) is 19.3. The quantitative estimate of drug-likeness (QED) is 0.684. The zero-order valence-corrected chi connectivity index (χ0v) is 18.8. The first-order chi connectivity index (χ1) is 10.3. The molecular formula is C18H45BN2O3. The van der Waals surface area contributed by atoms with Crippen molar-refractivity contribution in [1.29, 1.82) is 0 Å². The maximum Gasteiger partial charge on any atom is 0.160 e. The second kappa shape index (κ2) is 13.8.